The third-order valence-electron chi connectivity index (χ3n) is 3.15. The molecular formula is C15H20N2OS. The predicted molar refractivity (Wildman–Crippen MR) is 80.6 cm³/mol. The lowest BCUT2D eigenvalue weighted by atomic mass is 10.0. The van der Waals surface area contributed by atoms with Crippen LogP contribution in [0.25, 0.3) is 10.2 Å². The van der Waals surface area contributed by atoms with Crippen LogP contribution in [0.15, 0.2) is 23.7 Å². The maximum atomic E-state index is 12.1. The van der Waals surface area contributed by atoms with E-state index in [0.29, 0.717) is 11.5 Å². The number of benzene rings is 1. The Morgan fingerprint density at radius 1 is 1.32 bits per heavy atom. The highest BCUT2D eigenvalue weighted by Crippen LogP contribution is 2.19. The minimum atomic E-state index is 0.00607. The average molecular weight is 276 g/mol. The van der Waals surface area contributed by atoms with E-state index in [-0.39, 0.29) is 11.9 Å². The van der Waals surface area contributed by atoms with Gasteiger partial charge in [-0.05, 0) is 43.9 Å². The van der Waals surface area contributed by atoms with Gasteiger partial charge in [-0.3, -0.25) is 4.79 Å². The molecule has 0 aliphatic rings. The minimum Gasteiger partial charge on any atom is -0.350 e. The summed E-state index contributed by atoms with van der Waals surface area (Å²) < 4.78 is 1.06. The van der Waals surface area contributed by atoms with Gasteiger partial charge in [-0.2, -0.15) is 0 Å². The third-order valence-corrected chi connectivity index (χ3v) is 3.94. The standard InChI is InChI=1S/C15H20N2OS/c1-10(2)4-5-11(3)17-15(18)12-6-7-13-14(8-12)19-9-16-13/h6-11H,4-5H2,1-3H3,(H,17,18). The van der Waals surface area contributed by atoms with Crippen molar-refractivity contribution in [2.24, 2.45) is 5.92 Å². The Labute approximate surface area is 118 Å². The summed E-state index contributed by atoms with van der Waals surface area (Å²) in [6.07, 6.45) is 2.15. The Kier molecular flexibility index (Phi) is 4.53. The van der Waals surface area contributed by atoms with Crippen LogP contribution in [0.5, 0.6) is 0 Å². The zero-order valence-electron chi connectivity index (χ0n) is 11.6. The number of thiazole rings is 1. The number of aromatic nitrogens is 1. The lowest BCUT2D eigenvalue weighted by Crippen LogP contribution is -2.32. The van der Waals surface area contributed by atoms with Crippen LogP contribution in [-0.2, 0) is 0 Å². The van der Waals surface area contributed by atoms with Gasteiger partial charge in [0.25, 0.3) is 5.91 Å². The Hall–Kier alpha value is -1.42. The van der Waals surface area contributed by atoms with E-state index in [9.17, 15) is 4.79 Å². The molecule has 1 aromatic carbocycles. The fourth-order valence-electron chi connectivity index (χ4n) is 1.96. The number of rotatable bonds is 5. The van der Waals surface area contributed by atoms with Crippen molar-refractivity contribution in [3.63, 3.8) is 0 Å². The van der Waals surface area contributed by atoms with E-state index in [1.165, 1.54) is 0 Å². The molecule has 0 bridgehead atoms. The normalized spacial score (nSPS) is 12.8. The predicted octanol–water partition coefficient (Wildman–Crippen LogP) is 3.85. The second-order valence-electron chi connectivity index (χ2n) is 5.38. The van der Waals surface area contributed by atoms with Crippen molar-refractivity contribution in [1.82, 2.24) is 10.3 Å². The molecule has 19 heavy (non-hydrogen) atoms. The van der Waals surface area contributed by atoms with Gasteiger partial charge >= 0.3 is 0 Å². The molecule has 0 aliphatic heterocycles. The van der Waals surface area contributed by atoms with E-state index in [1.54, 1.807) is 16.8 Å². The van der Waals surface area contributed by atoms with Gasteiger partial charge in [0.1, 0.15) is 0 Å². The molecule has 0 saturated heterocycles. The molecule has 0 fully saturated rings. The van der Waals surface area contributed by atoms with E-state index < -0.39 is 0 Å². The van der Waals surface area contributed by atoms with Gasteiger partial charge in [0.15, 0.2) is 0 Å². The molecule has 0 saturated carbocycles. The molecule has 1 atom stereocenters. The van der Waals surface area contributed by atoms with Crippen LogP contribution in [0.4, 0.5) is 0 Å². The molecule has 1 heterocycles. The monoisotopic (exact) mass is 276 g/mol. The van der Waals surface area contributed by atoms with Gasteiger partial charge in [-0.15, -0.1) is 11.3 Å². The van der Waals surface area contributed by atoms with Crippen LogP contribution in [-0.4, -0.2) is 16.9 Å². The highest BCUT2D eigenvalue weighted by molar-refractivity contribution is 7.16. The van der Waals surface area contributed by atoms with Crippen molar-refractivity contribution in [2.45, 2.75) is 39.7 Å². The summed E-state index contributed by atoms with van der Waals surface area (Å²) in [5, 5.41) is 3.05. The zero-order chi connectivity index (χ0) is 13.8. The van der Waals surface area contributed by atoms with Gasteiger partial charge in [0, 0.05) is 11.6 Å². The maximum absolute atomic E-state index is 12.1. The van der Waals surface area contributed by atoms with Crippen molar-refractivity contribution < 1.29 is 4.79 Å². The SMILES string of the molecule is CC(C)CCC(C)NC(=O)c1ccc2ncsc2c1. The van der Waals surface area contributed by atoms with Crippen molar-refractivity contribution in [3.05, 3.63) is 29.3 Å². The number of hydrogen-bond acceptors (Lipinski definition) is 3. The summed E-state index contributed by atoms with van der Waals surface area (Å²) in [6, 6.07) is 5.87. The summed E-state index contributed by atoms with van der Waals surface area (Å²) in [4.78, 5) is 16.4. The van der Waals surface area contributed by atoms with Crippen LogP contribution in [0.2, 0.25) is 0 Å². The van der Waals surface area contributed by atoms with E-state index in [4.69, 9.17) is 0 Å². The molecule has 0 radical (unpaired) electrons. The quantitative estimate of drug-likeness (QED) is 0.901. The molecule has 102 valence electrons. The summed E-state index contributed by atoms with van der Waals surface area (Å²) in [6.45, 7) is 6.46. The van der Waals surface area contributed by atoms with Crippen molar-refractivity contribution in [1.29, 1.82) is 0 Å². The van der Waals surface area contributed by atoms with Gasteiger partial charge in [0.05, 0.1) is 15.7 Å². The fraction of sp³-hybridized carbons (Fsp3) is 0.467. The molecule has 0 spiro atoms. The van der Waals surface area contributed by atoms with Crippen LogP contribution >= 0.6 is 11.3 Å². The van der Waals surface area contributed by atoms with Crippen molar-refractivity contribution in [3.8, 4) is 0 Å². The molecule has 2 aromatic rings. The van der Waals surface area contributed by atoms with Crippen molar-refractivity contribution >= 4 is 27.5 Å². The largest absolute Gasteiger partial charge is 0.350 e. The minimum absolute atomic E-state index is 0.00607. The number of nitrogens with one attached hydrogen (secondary N) is 1. The summed E-state index contributed by atoms with van der Waals surface area (Å²) in [5.41, 5.74) is 3.47. The molecule has 1 unspecified atom stereocenters. The number of carbonyl (C=O) groups excluding carboxylic acids is 1. The van der Waals surface area contributed by atoms with E-state index in [1.807, 2.05) is 18.2 Å². The molecule has 0 aliphatic carbocycles. The zero-order valence-corrected chi connectivity index (χ0v) is 12.5. The Bertz CT molecular complexity index is 562. The molecule has 1 N–H and O–H groups in total. The lowest BCUT2D eigenvalue weighted by Gasteiger charge is -2.15. The lowest BCUT2D eigenvalue weighted by molar-refractivity contribution is 0.0937. The number of carbonyl (C=O) groups is 1. The van der Waals surface area contributed by atoms with E-state index in [0.717, 1.165) is 23.1 Å². The van der Waals surface area contributed by atoms with Gasteiger partial charge in [-0.25, -0.2) is 4.98 Å². The van der Waals surface area contributed by atoms with Gasteiger partial charge < -0.3 is 5.32 Å². The third kappa shape index (κ3) is 3.77. The van der Waals surface area contributed by atoms with Crippen LogP contribution in [0, 0.1) is 5.92 Å². The molecule has 1 aromatic heterocycles. The van der Waals surface area contributed by atoms with E-state index in [2.05, 4.69) is 31.1 Å². The smallest absolute Gasteiger partial charge is 0.251 e. The number of hydrogen-bond donors (Lipinski definition) is 1. The molecule has 1 amide bonds. The van der Waals surface area contributed by atoms with Crippen LogP contribution in [0.1, 0.15) is 44.0 Å². The first-order chi connectivity index (χ1) is 9.06. The van der Waals surface area contributed by atoms with Gasteiger partial charge in [-0.1, -0.05) is 13.8 Å². The summed E-state index contributed by atoms with van der Waals surface area (Å²) >= 11 is 1.56. The van der Waals surface area contributed by atoms with Gasteiger partial charge in [0.2, 0.25) is 0 Å². The second kappa shape index (κ2) is 6.15. The molecular weight excluding hydrogens is 256 g/mol. The molecule has 4 heteroatoms. The highest BCUT2D eigenvalue weighted by Gasteiger charge is 2.11. The molecule has 3 nitrogen and oxygen atoms in total. The fourth-order valence-corrected chi connectivity index (χ4v) is 2.68. The number of nitrogens with zero attached hydrogens (tertiary/aromatic N) is 1. The summed E-state index contributed by atoms with van der Waals surface area (Å²) in [7, 11) is 0. The topological polar surface area (TPSA) is 42.0 Å². The first-order valence-corrected chi connectivity index (χ1v) is 7.58. The van der Waals surface area contributed by atoms with Crippen molar-refractivity contribution in [2.75, 3.05) is 0 Å². The molecule has 2 rings (SSSR count). The average Bonchev–Trinajstić information content (AvgIpc) is 2.83. The first kappa shape index (κ1) is 14.0. The Balaban J connectivity index is 1.98. The van der Waals surface area contributed by atoms with Crippen LogP contribution < -0.4 is 5.32 Å². The number of fused-ring (bicyclic) bond motifs is 1. The number of amides is 1. The van der Waals surface area contributed by atoms with E-state index >= 15 is 0 Å². The Morgan fingerprint density at radius 3 is 2.84 bits per heavy atom. The maximum Gasteiger partial charge on any atom is 0.251 e. The van der Waals surface area contributed by atoms with Crippen LogP contribution in [0.3, 0.4) is 0 Å². The first-order valence-electron chi connectivity index (χ1n) is 6.70. The summed E-state index contributed by atoms with van der Waals surface area (Å²) in [5.74, 6) is 0.680. The second-order valence-corrected chi connectivity index (χ2v) is 6.27. The highest BCUT2D eigenvalue weighted by atomic mass is 32.1. The Morgan fingerprint density at radius 2 is 2.11 bits per heavy atom.